The molecule has 0 saturated carbocycles. The SMILES string of the molecule is NC1=CC([NH+]([O-])C2=CI=C(N)C=C2)=CI=C1. The lowest BCUT2D eigenvalue weighted by Crippen LogP contribution is -3.03. The molecule has 2 aliphatic heterocycles. The molecule has 0 bridgehead atoms. The third-order valence-corrected chi connectivity index (χ3v) is 6.11. The molecule has 0 amide bonds. The molecule has 0 aromatic rings. The summed E-state index contributed by atoms with van der Waals surface area (Å²) in [7, 11) is 0. The molecule has 6 heteroatoms. The van der Waals surface area contributed by atoms with Crippen molar-refractivity contribution in [1.82, 2.24) is 0 Å². The van der Waals surface area contributed by atoms with Crippen LogP contribution in [-0.4, -0.2) is 7.64 Å². The van der Waals surface area contributed by atoms with Crippen LogP contribution < -0.4 is 16.5 Å². The molecule has 0 saturated heterocycles. The molecule has 4 nitrogen and oxygen atoms in total. The molecule has 5 N–H and O–H groups in total. The van der Waals surface area contributed by atoms with E-state index in [-0.39, 0.29) is 46.5 Å². The van der Waals surface area contributed by atoms with E-state index in [0.29, 0.717) is 5.70 Å². The van der Waals surface area contributed by atoms with Crippen LogP contribution in [0.2, 0.25) is 0 Å². The summed E-state index contributed by atoms with van der Waals surface area (Å²) < 4.78 is 6.87. The molecule has 0 aliphatic carbocycles. The number of allylic oxidation sites excluding steroid dienone is 3. The van der Waals surface area contributed by atoms with E-state index >= 15 is 0 Å². The van der Waals surface area contributed by atoms with Gasteiger partial charge in [0.2, 0.25) is 0 Å². The van der Waals surface area contributed by atoms with Gasteiger partial charge < -0.3 is 16.0 Å². The van der Waals surface area contributed by atoms with Crippen LogP contribution in [0.5, 0.6) is 0 Å². The van der Waals surface area contributed by atoms with E-state index in [2.05, 4.69) is 0 Å². The summed E-state index contributed by atoms with van der Waals surface area (Å²) in [4.78, 5) is 0. The van der Waals surface area contributed by atoms with Gasteiger partial charge in [-0.25, -0.2) is 0 Å². The van der Waals surface area contributed by atoms with Crippen molar-refractivity contribution >= 4 is 49.1 Å². The third kappa shape index (κ3) is 2.94. The van der Waals surface area contributed by atoms with Crippen LogP contribution in [0.25, 0.3) is 0 Å². The smallest absolute Gasteiger partial charge is 0.144 e. The fraction of sp³-hybridized carbons (Fsp3) is 0. The van der Waals surface area contributed by atoms with E-state index in [0.717, 1.165) is 15.0 Å². The number of hydroxylamine groups is 2. The first-order valence-corrected chi connectivity index (χ1v) is 9.29. The topological polar surface area (TPSA) is 79.5 Å². The van der Waals surface area contributed by atoms with Crippen molar-refractivity contribution < 1.29 is 5.06 Å². The maximum atomic E-state index is 12.1. The van der Waals surface area contributed by atoms with Crippen molar-refractivity contribution in [2.24, 2.45) is 11.5 Å². The van der Waals surface area contributed by atoms with Gasteiger partial charge in [0.05, 0.1) is 0 Å². The van der Waals surface area contributed by atoms with Crippen LogP contribution >= 0.6 is 41.5 Å². The van der Waals surface area contributed by atoms with Crippen molar-refractivity contribution in [1.29, 1.82) is 0 Å². The molecule has 2 heterocycles. The zero-order chi connectivity index (χ0) is 11.5. The lowest BCUT2D eigenvalue weighted by atomic mass is 10.3. The first-order valence-electron chi connectivity index (χ1n) is 4.48. The van der Waals surface area contributed by atoms with Gasteiger partial charge in [-0.15, -0.1) is 0 Å². The molecule has 0 fully saturated rings. The minimum atomic E-state index is -0.309. The van der Waals surface area contributed by atoms with Gasteiger partial charge in [0.1, 0.15) is 11.4 Å². The second kappa shape index (κ2) is 5.45. The van der Waals surface area contributed by atoms with Gasteiger partial charge in [-0.05, 0) is 10.1 Å². The molecule has 0 radical (unpaired) electrons. The van der Waals surface area contributed by atoms with Crippen molar-refractivity contribution in [2.45, 2.75) is 0 Å². The van der Waals surface area contributed by atoms with Gasteiger partial charge in [0.25, 0.3) is 0 Å². The van der Waals surface area contributed by atoms with Gasteiger partial charge in [-0.1, -0.05) is 41.5 Å². The summed E-state index contributed by atoms with van der Waals surface area (Å²) >= 11 is -0.513. The molecule has 86 valence electrons. The van der Waals surface area contributed by atoms with Gasteiger partial charge in [-0.2, -0.15) is 0 Å². The Hall–Kier alpha value is -0.160. The number of hydrogen-bond acceptors (Lipinski definition) is 3. The number of nitrogens with one attached hydrogen (secondary N) is 1. The van der Waals surface area contributed by atoms with E-state index in [1.54, 1.807) is 12.2 Å². The van der Waals surface area contributed by atoms with Gasteiger partial charge in [-0.3, -0.25) is 5.73 Å². The van der Waals surface area contributed by atoms with Crippen LogP contribution in [0.15, 0.2) is 43.5 Å². The Kier molecular flexibility index (Phi) is 4.19. The Bertz CT molecular complexity index is 486. The third-order valence-electron chi connectivity index (χ3n) is 1.94. The van der Waals surface area contributed by atoms with Crippen LogP contribution in [0, 0.1) is 5.21 Å². The summed E-state index contributed by atoms with van der Waals surface area (Å²) in [6.45, 7) is 0. The largest absolute Gasteiger partial charge is 0.623 e. The normalized spacial score (nSPS) is 21.9. The maximum absolute atomic E-state index is 12.1. The zero-order valence-corrected chi connectivity index (χ0v) is 12.6. The van der Waals surface area contributed by atoms with Crippen molar-refractivity contribution in [3.63, 3.8) is 0 Å². The van der Waals surface area contributed by atoms with Crippen LogP contribution in [-0.2, 0) is 0 Å². The molecule has 1 unspecified atom stereocenters. The number of rotatable bonds is 2. The summed E-state index contributed by atoms with van der Waals surface area (Å²) in [6.07, 6.45) is 5.38. The first kappa shape index (κ1) is 12.3. The quantitative estimate of drug-likeness (QED) is 0.425. The highest BCUT2D eigenvalue weighted by Gasteiger charge is 2.11. The van der Waals surface area contributed by atoms with Gasteiger partial charge in [0, 0.05) is 29.6 Å². The Morgan fingerprint density at radius 3 is 2.56 bits per heavy atom. The zero-order valence-electron chi connectivity index (χ0n) is 8.28. The number of hydrogen-bond donors (Lipinski definition) is 3. The van der Waals surface area contributed by atoms with E-state index in [1.807, 2.05) is 18.3 Å². The molecule has 0 spiro atoms. The Labute approximate surface area is 113 Å². The average Bonchev–Trinajstić information content (AvgIpc) is 2.29. The minimum Gasteiger partial charge on any atom is -0.623 e. The fourth-order valence-corrected chi connectivity index (χ4v) is 4.38. The monoisotopic (exact) mass is 443 g/mol. The van der Waals surface area contributed by atoms with Gasteiger partial charge >= 0.3 is 0 Å². The van der Waals surface area contributed by atoms with Crippen molar-refractivity contribution in [3.8, 4) is 0 Å². The number of quaternary nitrogens is 1. The predicted octanol–water partition coefficient (Wildman–Crippen LogP) is 0.310. The predicted molar refractivity (Wildman–Crippen MR) is 85.2 cm³/mol. The maximum Gasteiger partial charge on any atom is 0.144 e. The second-order valence-electron chi connectivity index (χ2n) is 3.16. The van der Waals surface area contributed by atoms with Crippen LogP contribution in [0.4, 0.5) is 0 Å². The summed E-state index contributed by atoms with van der Waals surface area (Å²) in [5.74, 6) is 0. The Morgan fingerprint density at radius 1 is 1.12 bits per heavy atom. The van der Waals surface area contributed by atoms with Crippen molar-refractivity contribution in [2.75, 3.05) is 0 Å². The highest BCUT2D eigenvalue weighted by molar-refractivity contribution is 14.2. The number of nitrogens with two attached hydrogens (primary N) is 2. The van der Waals surface area contributed by atoms with Crippen LogP contribution in [0.3, 0.4) is 0 Å². The standard InChI is InChI=1S/C10H11I2N3O/c13-7-3-9(5-11-4-7)15(16)8-1-2-10(14)12-6-8/h1-6,15H,13-14H2. The van der Waals surface area contributed by atoms with E-state index in [4.69, 9.17) is 11.5 Å². The summed E-state index contributed by atoms with van der Waals surface area (Å²) in [5, 5.41) is 12.2. The lowest BCUT2D eigenvalue weighted by molar-refractivity contribution is -0.754. The molecule has 1 atom stereocenters. The first-order chi connectivity index (χ1) is 7.66. The molecule has 2 rings (SSSR count). The summed E-state index contributed by atoms with van der Waals surface area (Å²) in [6, 6.07) is 0. The van der Waals surface area contributed by atoms with Crippen LogP contribution in [0.1, 0.15) is 0 Å². The Morgan fingerprint density at radius 2 is 1.94 bits per heavy atom. The fourth-order valence-electron chi connectivity index (χ4n) is 1.19. The van der Waals surface area contributed by atoms with E-state index < -0.39 is 0 Å². The number of halogens is 2. The average molecular weight is 443 g/mol. The molecule has 0 aromatic heterocycles. The van der Waals surface area contributed by atoms with E-state index in [9.17, 15) is 5.21 Å². The molecular weight excluding hydrogens is 432 g/mol. The highest BCUT2D eigenvalue weighted by Crippen LogP contribution is 2.13. The summed E-state index contributed by atoms with van der Waals surface area (Å²) in [5.41, 5.74) is 13.6. The molecule has 16 heavy (non-hydrogen) atoms. The molecular formula is C10H11I2N3O. The van der Waals surface area contributed by atoms with Gasteiger partial charge in [0.15, 0.2) is 0 Å². The molecule has 0 aromatic carbocycles. The van der Waals surface area contributed by atoms with Crippen molar-refractivity contribution in [3.05, 3.63) is 48.7 Å². The second-order valence-corrected chi connectivity index (χ2v) is 7.62. The molecule has 2 aliphatic rings. The minimum absolute atomic E-state index is 0.0687. The lowest BCUT2D eigenvalue weighted by Gasteiger charge is -2.24. The highest BCUT2D eigenvalue weighted by atomic mass is 127. The van der Waals surface area contributed by atoms with E-state index in [1.165, 1.54) is 0 Å². The Balaban J connectivity index is 2.22.